The average Bonchev–Trinajstić information content (AvgIpc) is 3.17. The van der Waals surface area contributed by atoms with Crippen LogP contribution in [0.1, 0.15) is 33.4 Å². The highest BCUT2D eigenvalue weighted by atomic mass is 32.1. The summed E-state index contributed by atoms with van der Waals surface area (Å²) in [7, 11) is 0. The van der Waals surface area contributed by atoms with E-state index < -0.39 is 0 Å². The lowest BCUT2D eigenvalue weighted by atomic mass is 9.89. The van der Waals surface area contributed by atoms with Crippen molar-refractivity contribution in [2.24, 2.45) is 0 Å². The zero-order valence-corrected chi connectivity index (χ0v) is 16.7. The SMILES string of the molecule is Cc1ccc2c(c1)CCc1c-2sc2c3c(sc12)-c1ccc(C)cc1CC3. The molecule has 0 N–H and O–H groups in total. The highest BCUT2D eigenvalue weighted by molar-refractivity contribution is 7.31. The molecule has 2 heteroatoms. The summed E-state index contributed by atoms with van der Waals surface area (Å²) >= 11 is 4.12. The van der Waals surface area contributed by atoms with Crippen molar-refractivity contribution < 1.29 is 0 Å². The molecule has 0 amide bonds. The minimum Gasteiger partial charge on any atom is -0.134 e. The Morgan fingerprint density at radius 3 is 1.54 bits per heavy atom. The summed E-state index contributed by atoms with van der Waals surface area (Å²) in [4.78, 5) is 3.09. The van der Waals surface area contributed by atoms with Gasteiger partial charge in [-0.2, -0.15) is 0 Å². The summed E-state index contributed by atoms with van der Waals surface area (Å²) < 4.78 is 3.16. The first-order valence-corrected chi connectivity index (χ1v) is 11.1. The largest absolute Gasteiger partial charge is 0.134 e. The second kappa shape index (κ2) is 5.31. The number of benzene rings is 2. The molecule has 2 aliphatic carbocycles. The highest BCUT2D eigenvalue weighted by Crippen LogP contribution is 2.52. The molecule has 0 bridgehead atoms. The van der Waals surface area contributed by atoms with E-state index in [0.717, 1.165) is 0 Å². The minimum absolute atomic E-state index is 1.19. The van der Waals surface area contributed by atoms with Crippen molar-refractivity contribution >= 4 is 32.1 Å². The van der Waals surface area contributed by atoms with Gasteiger partial charge in [-0.3, -0.25) is 0 Å². The minimum atomic E-state index is 1.19. The lowest BCUT2D eigenvalue weighted by Crippen LogP contribution is -2.01. The fourth-order valence-electron chi connectivity index (χ4n) is 4.73. The molecule has 4 aromatic rings. The lowest BCUT2D eigenvalue weighted by molar-refractivity contribution is 0.954. The number of hydrogen-bond donors (Lipinski definition) is 0. The molecule has 0 radical (unpaired) electrons. The molecule has 2 aromatic heterocycles. The predicted octanol–water partition coefficient (Wildman–Crippen LogP) is 7.11. The molecule has 0 aliphatic heterocycles. The molecule has 26 heavy (non-hydrogen) atoms. The van der Waals surface area contributed by atoms with Gasteiger partial charge < -0.3 is 0 Å². The first-order chi connectivity index (χ1) is 12.7. The molecule has 0 saturated carbocycles. The average molecular weight is 373 g/mol. The first-order valence-electron chi connectivity index (χ1n) is 9.46. The lowest BCUT2D eigenvalue weighted by Gasteiger charge is -2.18. The quantitative estimate of drug-likeness (QED) is 0.308. The van der Waals surface area contributed by atoms with Gasteiger partial charge in [0, 0.05) is 19.2 Å². The third-order valence-corrected chi connectivity index (χ3v) is 8.79. The zero-order chi connectivity index (χ0) is 17.4. The molecule has 2 heterocycles. The maximum absolute atomic E-state index is 2.39. The van der Waals surface area contributed by atoms with E-state index in [1.807, 2.05) is 0 Å². The number of hydrogen-bond acceptors (Lipinski definition) is 2. The molecule has 0 spiro atoms. The number of fused-ring (bicyclic) bond motifs is 9. The number of aryl methyl sites for hydroxylation is 6. The van der Waals surface area contributed by atoms with Gasteiger partial charge in [0.05, 0.1) is 0 Å². The maximum atomic E-state index is 2.39. The third-order valence-electron chi connectivity index (χ3n) is 6.01. The first kappa shape index (κ1) is 15.2. The van der Waals surface area contributed by atoms with Crippen molar-refractivity contribution in [3.8, 4) is 20.9 Å². The van der Waals surface area contributed by atoms with Crippen LogP contribution < -0.4 is 0 Å². The van der Waals surface area contributed by atoms with E-state index >= 15 is 0 Å². The van der Waals surface area contributed by atoms with Gasteiger partial charge in [-0.1, -0.05) is 47.5 Å². The summed E-state index contributed by atoms with van der Waals surface area (Å²) in [6.07, 6.45) is 4.78. The fraction of sp³-hybridized carbons (Fsp3) is 0.250. The Kier molecular flexibility index (Phi) is 3.10. The van der Waals surface area contributed by atoms with E-state index in [9.17, 15) is 0 Å². The summed E-state index contributed by atoms with van der Waals surface area (Å²) in [5.74, 6) is 0. The second-order valence-corrected chi connectivity index (χ2v) is 9.84. The molecule has 2 aliphatic rings. The van der Waals surface area contributed by atoms with Crippen molar-refractivity contribution in [3.63, 3.8) is 0 Å². The Hall–Kier alpha value is -1.90. The summed E-state index contributed by atoms with van der Waals surface area (Å²) in [5, 5.41) is 0. The van der Waals surface area contributed by atoms with Gasteiger partial charge in [0.25, 0.3) is 0 Å². The van der Waals surface area contributed by atoms with Crippen LogP contribution in [0.3, 0.4) is 0 Å². The van der Waals surface area contributed by atoms with Gasteiger partial charge >= 0.3 is 0 Å². The van der Waals surface area contributed by atoms with Gasteiger partial charge in [0.2, 0.25) is 0 Å². The van der Waals surface area contributed by atoms with Gasteiger partial charge in [-0.15, -0.1) is 22.7 Å². The van der Waals surface area contributed by atoms with Crippen LogP contribution in [0.25, 0.3) is 30.3 Å². The molecule has 6 rings (SSSR count). The molecule has 0 unspecified atom stereocenters. The number of rotatable bonds is 0. The van der Waals surface area contributed by atoms with Crippen LogP contribution in [-0.4, -0.2) is 0 Å². The predicted molar refractivity (Wildman–Crippen MR) is 115 cm³/mol. The van der Waals surface area contributed by atoms with Crippen molar-refractivity contribution in [1.29, 1.82) is 0 Å². The van der Waals surface area contributed by atoms with Crippen LogP contribution in [0, 0.1) is 13.8 Å². The van der Waals surface area contributed by atoms with Crippen LogP contribution in [0.15, 0.2) is 36.4 Å². The molecule has 0 nitrogen and oxygen atoms in total. The Bertz CT molecular complexity index is 1110. The Morgan fingerprint density at radius 2 is 1.08 bits per heavy atom. The monoisotopic (exact) mass is 372 g/mol. The van der Waals surface area contributed by atoms with Crippen LogP contribution in [0.5, 0.6) is 0 Å². The van der Waals surface area contributed by atoms with E-state index in [2.05, 4.69) is 72.9 Å². The molecule has 0 atom stereocenters. The van der Waals surface area contributed by atoms with Gasteiger partial charge in [-0.25, -0.2) is 0 Å². The van der Waals surface area contributed by atoms with Crippen LogP contribution in [0.2, 0.25) is 0 Å². The molecule has 0 saturated heterocycles. The van der Waals surface area contributed by atoms with Gasteiger partial charge in [0.15, 0.2) is 0 Å². The summed E-state index contributed by atoms with van der Waals surface area (Å²) in [6, 6.07) is 14.0. The fourth-order valence-corrected chi connectivity index (χ4v) is 7.88. The number of thiophene rings is 2. The van der Waals surface area contributed by atoms with Crippen molar-refractivity contribution in [1.82, 2.24) is 0 Å². The zero-order valence-electron chi connectivity index (χ0n) is 15.1. The molecule has 2 aromatic carbocycles. The van der Waals surface area contributed by atoms with Crippen molar-refractivity contribution in [3.05, 3.63) is 69.8 Å². The molecule has 128 valence electrons. The van der Waals surface area contributed by atoms with E-state index in [1.165, 1.54) is 47.9 Å². The van der Waals surface area contributed by atoms with Gasteiger partial charge in [0.1, 0.15) is 0 Å². The van der Waals surface area contributed by atoms with Crippen LogP contribution in [-0.2, 0) is 25.7 Å². The topological polar surface area (TPSA) is 0 Å². The van der Waals surface area contributed by atoms with E-state index in [1.54, 1.807) is 41.4 Å². The Morgan fingerprint density at radius 1 is 0.615 bits per heavy atom. The normalized spacial score (nSPS) is 14.7. The standard InChI is InChI=1S/C24H20S2/c1-13-3-7-17-15(11-13)5-9-19-21(17)25-24-20-10-6-16-12-14(2)4-8-18(16)22(20)26-23(19)24/h3-4,7-8,11-12H,5-6,9-10H2,1-2H3. The van der Waals surface area contributed by atoms with Crippen molar-refractivity contribution in [2.75, 3.05) is 0 Å². The van der Waals surface area contributed by atoms with Crippen LogP contribution >= 0.6 is 22.7 Å². The summed E-state index contributed by atoms with van der Waals surface area (Å²) in [6.45, 7) is 4.41. The highest BCUT2D eigenvalue weighted by Gasteiger charge is 2.28. The molecular formula is C24H20S2. The Labute approximate surface area is 162 Å². The van der Waals surface area contributed by atoms with Gasteiger partial charge in [-0.05, 0) is 72.9 Å². The summed E-state index contributed by atoms with van der Waals surface area (Å²) in [5.41, 5.74) is 12.1. The molecule has 0 fully saturated rings. The van der Waals surface area contributed by atoms with E-state index in [4.69, 9.17) is 0 Å². The van der Waals surface area contributed by atoms with Crippen LogP contribution in [0.4, 0.5) is 0 Å². The Balaban J connectivity index is 1.60. The second-order valence-electron chi connectivity index (χ2n) is 7.80. The van der Waals surface area contributed by atoms with E-state index in [-0.39, 0.29) is 0 Å². The molecular weight excluding hydrogens is 352 g/mol. The third kappa shape index (κ3) is 2.00. The maximum Gasteiger partial charge on any atom is 0.0498 e. The van der Waals surface area contributed by atoms with E-state index in [0.29, 0.717) is 0 Å². The van der Waals surface area contributed by atoms with Crippen molar-refractivity contribution in [2.45, 2.75) is 39.5 Å². The smallest absolute Gasteiger partial charge is 0.0498 e.